The molecule has 168 valence electrons. The van der Waals surface area contributed by atoms with E-state index in [1.54, 1.807) is 14.2 Å². The van der Waals surface area contributed by atoms with E-state index < -0.39 is 0 Å². The lowest BCUT2D eigenvalue weighted by Gasteiger charge is -2.21. The molecule has 0 aliphatic carbocycles. The molecule has 0 saturated heterocycles. The Morgan fingerprint density at radius 3 is 2.12 bits per heavy atom. The van der Waals surface area contributed by atoms with Crippen molar-refractivity contribution in [1.29, 1.82) is 0 Å². The highest BCUT2D eigenvalue weighted by Gasteiger charge is 2.21. The number of ether oxygens (including phenoxy) is 4. The van der Waals surface area contributed by atoms with Crippen molar-refractivity contribution in [2.45, 2.75) is 27.7 Å². The van der Waals surface area contributed by atoms with Gasteiger partial charge in [0.15, 0.2) is 13.6 Å². The van der Waals surface area contributed by atoms with Gasteiger partial charge in [0.2, 0.25) is 0 Å². The summed E-state index contributed by atoms with van der Waals surface area (Å²) in [5, 5.41) is 2.23. The highest BCUT2D eigenvalue weighted by Crippen LogP contribution is 2.45. The SMILES string of the molecule is C/C=C\c1c(C=C(C)C)ccc(OCOC)c1-c1c(OCOC)ccc2cc(C)ccc12. The predicted molar refractivity (Wildman–Crippen MR) is 133 cm³/mol. The zero-order valence-electron chi connectivity index (χ0n) is 19.8. The Bertz CT molecular complexity index is 1140. The lowest BCUT2D eigenvalue weighted by Crippen LogP contribution is -2.05. The van der Waals surface area contributed by atoms with Crippen molar-refractivity contribution in [3.05, 3.63) is 70.8 Å². The van der Waals surface area contributed by atoms with Crippen molar-refractivity contribution in [2.75, 3.05) is 27.8 Å². The molecule has 0 bridgehead atoms. The van der Waals surface area contributed by atoms with Gasteiger partial charge in [-0.2, -0.15) is 0 Å². The standard InChI is InChI=1S/C28H32O4/c1-7-8-23-21(15-19(2)3)10-13-25(31-17-29-5)27(23)28-24-12-9-20(4)16-22(24)11-14-26(28)32-18-30-6/h7-16H,17-18H2,1-6H3/b8-7-. The van der Waals surface area contributed by atoms with Crippen molar-refractivity contribution in [3.8, 4) is 22.6 Å². The van der Waals surface area contributed by atoms with Crippen LogP contribution in [0, 0.1) is 6.92 Å². The smallest absolute Gasteiger partial charge is 0.188 e. The normalized spacial score (nSPS) is 11.2. The lowest BCUT2D eigenvalue weighted by atomic mass is 9.89. The molecular formula is C28H32O4. The summed E-state index contributed by atoms with van der Waals surface area (Å²) in [6, 6.07) is 14.6. The fourth-order valence-electron chi connectivity index (χ4n) is 3.83. The van der Waals surface area contributed by atoms with Crippen LogP contribution in [0.5, 0.6) is 11.5 Å². The quantitative estimate of drug-likeness (QED) is 0.334. The maximum absolute atomic E-state index is 6.06. The van der Waals surface area contributed by atoms with Crippen LogP contribution >= 0.6 is 0 Å². The van der Waals surface area contributed by atoms with E-state index in [0.717, 1.165) is 44.5 Å². The van der Waals surface area contributed by atoms with E-state index in [1.165, 1.54) is 11.1 Å². The number of benzene rings is 3. The molecule has 3 rings (SSSR count). The van der Waals surface area contributed by atoms with Crippen LogP contribution in [0.4, 0.5) is 0 Å². The van der Waals surface area contributed by atoms with Crippen LogP contribution in [-0.2, 0) is 9.47 Å². The van der Waals surface area contributed by atoms with E-state index in [1.807, 2.05) is 25.1 Å². The number of methoxy groups -OCH3 is 2. The molecular weight excluding hydrogens is 400 g/mol. The number of hydrogen-bond acceptors (Lipinski definition) is 4. The van der Waals surface area contributed by atoms with E-state index in [2.05, 4.69) is 63.3 Å². The van der Waals surface area contributed by atoms with Crippen LogP contribution in [0.3, 0.4) is 0 Å². The van der Waals surface area contributed by atoms with Gasteiger partial charge in [0.1, 0.15) is 11.5 Å². The molecule has 4 heteroatoms. The fourth-order valence-corrected chi connectivity index (χ4v) is 3.83. The number of hydrogen-bond donors (Lipinski definition) is 0. The van der Waals surface area contributed by atoms with Gasteiger partial charge in [-0.1, -0.05) is 59.7 Å². The first-order valence-electron chi connectivity index (χ1n) is 10.7. The highest BCUT2D eigenvalue weighted by atomic mass is 16.7. The molecule has 4 nitrogen and oxygen atoms in total. The van der Waals surface area contributed by atoms with Crippen LogP contribution in [0.2, 0.25) is 0 Å². The minimum absolute atomic E-state index is 0.155. The van der Waals surface area contributed by atoms with Gasteiger partial charge in [-0.3, -0.25) is 0 Å². The summed E-state index contributed by atoms with van der Waals surface area (Å²) in [6.07, 6.45) is 6.35. The van der Waals surface area contributed by atoms with Gasteiger partial charge in [-0.05, 0) is 61.7 Å². The van der Waals surface area contributed by atoms with Crippen molar-refractivity contribution in [1.82, 2.24) is 0 Å². The van der Waals surface area contributed by atoms with Crippen LogP contribution in [-0.4, -0.2) is 27.8 Å². The summed E-state index contributed by atoms with van der Waals surface area (Å²) in [4.78, 5) is 0. The Morgan fingerprint density at radius 1 is 0.844 bits per heavy atom. The molecule has 0 aliphatic rings. The van der Waals surface area contributed by atoms with Gasteiger partial charge < -0.3 is 18.9 Å². The van der Waals surface area contributed by atoms with Gasteiger partial charge in [-0.25, -0.2) is 0 Å². The Kier molecular flexibility index (Phi) is 8.09. The molecule has 0 heterocycles. The molecule has 0 unspecified atom stereocenters. The van der Waals surface area contributed by atoms with E-state index in [-0.39, 0.29) is 13.6 Å². The first-order valence-corrected chi connectivity index (χ1v) is 10.7. The number of allylic oxidation sites excluding steroid dienone is 2. The summed E-state index contributed by atoms with van der Waals surface area (Å²) in [6.45, 7) is 8.63. The first kappa shape index (κ1) is 23.6. The summed E-state index contributed by atoms with van der Waals surface area (Å²) >= 11 is 0. The van der Waals surface area contributed by atoms with Gasteiger partial charge in [0, 0.05) is 25.3 Å². The number of fused-ring (bicyclic) bond motifs is 1. The van der Waals surface area contributed by atoms with Gasteiger partial charge >= 0.3 is 0 Å². The molecule has 32 heavy (non-hydrogen) atoms. The molecule has 3 aromatic carbocycles. The summed E-state index contributed by atoms with van der Waals surface area (Å²) < 4.78 is 22.5. The molecule has 0 amide bonds. The van der Waals surface area contributed by atoms with Gasteiger partial charge in [0.25, 0.3) is 0 Å². The molecule has 0 N–H and O–H groups in total. The Balaban J connectivity index is 2.45. The Hall–Kier alpha value is -3.08. The molecule has 0 aromatic heterocycles. The van der Waals surface area contributed by atoms with Crippen molar-refractivity contribution in [3.63, 3.8) is 0 Å². The van der Waals surface area contributed by atoms with E-state index >= 15 is 0 Å². The summed E-state index contributed by atoms with van der Waals surface area (Å²) in [7, 11) is 3.25. The topological polar surface area (TPSA) is 36.9 Å². The average Bonchev–Trinajstić information content (AvgIpc) is 2.77. The zero-order chi connectivity index (χ0) is 23.1. The second-order valence-electron chi connectivity index (χ2n) is 7.93. The molecule has 0 aliphatic heterocycles. The third-order valence-electron chi connectivity index (χ3n) is 5.07. The van der Waals surface area contributed by atoms with Gasteiger partial charge in [0.05, 0.1) is 0 Å². The zero-order valence-corrected chi connectivity index (χ0v) is 19.8. The maximum atomic E-state index is 6.06. The van der Waals surface area contributed by atoms with Crippen molar-refractivity contribution >= 4 is 22.9 Å². The van der Waals surface area contributed by atoms with Crippen LogP contribution in [0.25, 0.3) is 34.1 Å². The molecule has 0 spiro atoms. The van der Waals surface area contributed by atoms with E-state index in [9.17, 15) is 0 Å². The molecule has 0 atom stereocenters. The molecule has 0 radical (unpaired) electrons. The molecule has 0 saturated carbocycles. The fraction of sp³-hybridized carbons (Fsp3) is 0.286. The monoisotopic (exact) mass is 432 g/mol. The average molecular weight is 433 g/mol. The summed E-state index contributed by atoms with van der Waals surface area (Å²) in [5.74, 6) is 1.48. The second-order valence-corrected chi connectivity index (χ2v) is 7.93. The summed E-state index contributed by atoms with van der Waals surface area (Å²) in [5.41, 5.74) is 6.55. The van der Waals surface area contributed by atoms with Crippen molar-refractivity contribution in [2.24, 2.45) is 0 Å². The Morgan fingerprint density at radius 2 is 1.50 bits per heavy atom. The molecule has 3 aromatic rings. The second kappa shape index (κ2) is 11.0. The minimum Gasteiger partial charge on any atom is -0.467 e. The highest BCUT2D eigenvalue weighted by molar-refractivity contribution is 6.04. The lowest BCUT2D eigenvalue weighted by molar-refractivity contribution is 0.0501. The largest absolute Gasteiger partial charge is 0.467 e. The van der Waals surface area contributed by atoms with Crippen LogP contribution in [0.1, 0.15) is 37.5 Å². The minimum atomic E-state index is 0.155. The van der Waals surface area contributed by atoms with Crippen LogP contribution in [0.15, 0.2) is 54.1 Å². The van der Waals surface area contributed by atoms with Crippen LogP contribution < -0.4 is 9.47 Å². The van der Waals surface area contributed by atoms with Crippen molar-refractivity contribution < 1.29 is 18.9 Å². The van der Waals surface area contributed by atoms with E-state index in [0.29, 0.717) is 0 Å². The predicted octanol–water partition coefficient (Wildman–Crippen LogP) is 7.24. The third kappa shape index (κ3) is 5.21. The third-order valence-corrected chi connectivity index (χ3v) is 5.07. The number of aryl methyl sites for hydroxylation is 1. The Labute approximate surface area is 191 Å². The number of rotatable bonds is 9. The van der Waals surface area contributed by atoms with E-state index in [4.69, 9.17) is 18.9 Å². The van der Waals surface area contributed by atoms with Gasteiger partial charge in [-0.15, -0.1) is 0 Å². The maximum Gasteiger partial charge on any atom is 0.188 e. The molecule has 0 fully saturated rings. The first-order chi connectivity index (χ1) is 15.5.